The third-order valence-electron chi connectivity index (χ3n) is 4.05. The van der Waals surface area contributed by atoms with E-state index in [1.807, 2.05) is 23.6 Å². The quantitative estimate of drug-likeness (QED) is 0.789. The van der Waals surface area contributed by atoms with E-state index in [-0.39, 0.29) is 19.7 Å². The van der Waals surface area contributed by atoms with Crippen molar-refractivity contribution in [3.63, 3.8) is 0 Å². The standard InChI is InChI=1S/C16H18N6O3/c1-11-7-13-14(3-2-4-15(13)22(11)9-16(23)24)19-25-10-12-8-21(6-5-17)20-18-12/h7-8H,2-4,6,9-10H2,1H3,(H,23,24). The summed E-state index contributed by atoms with van der Waals surface area (Å²) in [5.74, 6) is -0.859. The van der Waals surface area contributed by atoms with Crippen LogP contribution in [0.3, 0.4) is 0 Å². The van der Waals surface area contributed by atoms with Crippen LogP contribution in [0.15, 0.2) is 17.4 Å². The van der Waals surface area contributed by atoms with Crippen LogP contribution in [-0.2, 0) is 35.7 Å². The molecule has 0 bridgehead atoms. The van der Waals surface area contributed by atoms with Crippen LogP contribution in [0.1, 0.15) is 35.5 Å². The average Bonchev–Trinajstić information content (AvgIpc) is 3.13. The number of hydrogen-bond donors (Lipinski definition) is 1. The van der Waals surface area contributed by atoms with Gasteiger partial charge < -0.3 is 14.5 Å². The fraction of sp³-hybridized carbons (Fsp3) is 0.438. The van der Waals surface area contributed by atoms with E-state index in [1.165, 1.54) is 4.68 Å². The molecule has 0 saturated heterocycles. The van der Waals surface area contributed by atoms with E-state index < -0.39 is 5.97 Å². The molecule has 2 heterocycles. The number of fused-ring (bicyclic) bond motifs is 1. The molecule has 9 heteroatoms. The molecule has 9 nitrogen and oxygen atoms in total. The summed E-state index contributed by atoms with van der Waals surface area (Å²) in [4.78, 5) is 16.5. The monoisotopic (exact) mass is 342 g/mol. The zero-order valence-corrected chi connectivity index (χ0v) is 13.8. The van der Waals surface area contributed by atoms with Gasteiger partial charge >= 0.3 is 5.97 Å². The number of carbonyl (C=O) groups is 1. The Kier molecular flexibility index (Phi) is 4.79. The second-order valence-corrected chi connectivity index (χ2v) is 5.86. The Balaban J connectivity index is 1.73. The van der Waals surface area contributed by atoms with Crippen LogP contribution < -0.4 is 0 Å². The van der Waals surface area contributed by atoms with Gasteiger partial charge in [0.1, 0.15) is 18.8 Å². The first kappa shape index (κ1) is 16.7. The molecule has 0 spiro atoms. The lowest BCUT2D eigenvalue weighted by atomic mass is 9.96. The number of aliphatic carboxylic acids is 1. The Labute approximate surface area is 144 Å². The van der Waals surface area contributed by atoms with Crippen molar-refractivity contribution in [2.75, 3.05) is 0 Å². The lowest BCUT2D eigenvalue weighted by molar-refractivity contribution is -0.137. The molecule has 0 unspecified atom stereocenters. The molecular weight excluding hydrogens is 324 g/mol. The first-order valence-electron chi connectivity index (χ1n) is 7.94. The van der Waals surface area contributed by atoms with Crippen molar-refractivity contribution in [2.24, 2.45) is 5.16 Å². The van der Waals surface area contributed by atoms with Crippen molar-refractivity contribution in [2.45, 2.75) is 45.9 Å². The molecule has 130 valence electrons. The summed E-state index contributed by atoms with van der Waals surface area (Å²) in [7, 11) is 0. The second-order valence-electron chi connectivity index (χ2n) is 5.86. The minimum atomic E-state index is -0.859. The van der Waals surface area contributed by atoms with E-state index in [1.54, 1.807) is 6.20 Å². The molecule has 2 aromatic heterocycles. The molecule has 0 saturated carbocycles. The van der Waals surface area contributed by atoms with E-state index >= 15 is 0 Å². The molecule has 0 aliphatic heterocycles. The average molecular weight is 342 g/mol. The van der Waals surface area contributed by atoms with Crippen molar-refractivity contribution in [3.05, 3.63) is 34.9 Å². The Morgan fingerprint density at radius 2 is 2.36 bits per heavy atom. The molecular formula is C16H18N6O3. The van der Waals surface area contributed by atoms with Crippen molar-refractivity contribution >= 4 is 11.7 Å². The highest BCUT2D eigenvalue weighted by Gasteiger charge is 2.22. The number of aryl methyl sites for hydroxylation is 1. The van der Waals surface area contributed by atoms with Crippen LogP contribution in [0.2, 0.25) is 0 Å². The normalized spacial score (nSPS) is 15.0. The third kappa shape index (κ3) is 3.68. The Bertz CT molecular complexity index is 858. The van der Waals surface area contributed by atoms with Crippen molar-refractivity contribution in [3.8, 4) is 6.07 Å². The Morgan fingerprint density at radius 1 is 1.52 bits per heavy atom. The smallest absolute Gasteiger partial charge is 0.323 e. The number of hydrogen-bond acceptors (Lipinski definition) is 6. The van der Waals surface area contributed by atoms with Gasteiger partial charge in [0.15, 0.2) is 6.61 Å². The SMILES string of the molecule is Cc1cc2c(n1CC(=O)O)CCCC2=NOCc1cn(CC#N)nn1. The summed E-state index contributed by atoms with van der Waals surface area (Å²) < 4.78 is 3.25. The van der Waals surface area contributed by atoms with E-state index in [4.69, 9.17) is 15.2 Å². The van der Waals surface area contributed by atoms with Gasteiger partial charge in [0.25, 0.3) is 0 Å². The van der Waals surface area contributed by atoms with Crippen LogP contribution >= 0.6 is 0 Å². The fourth-order valence-corrected chi connectivity index (χ4v) is 2.99. The number of nitrogens with zero attached hydrogens (tertiary/aromatic N) is 6. The largest absolute Gasteiger partial charge is 0.480 e. The van der Waals surface area contributed by atoms with Gasteiger partial charge in [-0.3, -0.25) is 4.79 Å². The molecule has 1 aliphatic carbocycles. The number of aromatic nitrogens is 4. The molecule has 2 aromatic rings. The van der Waals surface area contributed by atoms with Crippen LogP contribution in [0.5, 0.6) is 0 Å². The summed E-state index contributed by atoms with van der Waals surface area (Å²) in [5.41, 5.74) is 4.27. The predicted octanol–water partition coefficient (Wildman–Crippen LogP) is 1.25. The first-order chi connectivity index (χ1) is 12.1. The van der Waals surface area contributed by atoms with Gasteiger partial charge in [0.2, 0.25) is 0 Å². The van der Waals surface area contributed by atoms with Crippen molar-refractivity contribution in [1.82, 2.24) is 19.6 Å². The highest BCUT2D eigenvalue weighted by Crippen LogP contribution is 2.26. The molecule has 0 fully saturated rings. The predicted molar refractivity (Wildman–Crippen MR) is 86.7 cm³/mol. The number of carboxylic acid groups (broad SMARTS) is 1. The molecule has 0 radical (unpaired) electrons. The van der Waals surface area contributed by atoms with Crippen LogP contribution in [0.4, 0.5) is 0 Å². The van der Waals surface area contributed by atoms with E-state index in [0.29, 0.717) is 5.69 Å². The third-order valence-corrected chi connectivity index (χ3v) is 4.05. The molecule has 0 aromatic carbocycles. The van der Waals surface area contributed by atoms with Gasteiger partial charge in [-0.15, -0.1) is 5.10 Å². The fourth-order valence-electron chi connectivity index (χ4n) is 2.99. The Morgan fingerprint density at radius 3 is 3.12 bits per heavy atom. The minimum Gasteiger partial charge on any atom is -0.480 e. The molecule has 0 amide bonds. The van der Waals surface area contributed by atoms with Crippen molar-refractivity contribution in [1.29, 1.82) is 5.26 Å². The zero-order chi connectivity index (χ0) is 17.8. The summed E-state index contributed by atoms with van der Waals surface area (Å²) in [6.45, 7) is 2.16. The number of rotatable bonds is 6. The maximum absolute atomic E-state index is 11.1. The number of carboxylic acids is 1. The highest BCUT2D eigenvalue weighted by molar-refractivity contribution is 6.02. The van der Waals surface area contributed by atoms with E-state index in [2.05, 4.69) is 15.5 Å². The highest BCUT2D eigenvalue weighted by atomic mass is 16.6. The maximum atomic E-state index is 11.1. The van der Waals surface area contributed by atoms with Gasteiger partial charge in [-0.05, 0) is 32.3 Å². The summed E-state index contributed by atoms with van der Waals surface area (Å²) >= 11 is 0. The molecule has 1 aliphatic rings. The Hall–Kier alpha value is -3.15. The van der Waals surface area contributed by atoms with Gasteiger partial charge in [-0.1, -0.05) is 10.4 Å². The second kappa shape index (κ2) is 7.17. The summed E-state index contributed by atoms with van der Waals surface area (Å²) in [5, 5.41) is 29.6. The molecule has 1 N–H and O–H groups in total. The molecule has 3 rings (SSSR count). The van der Waals surface area contributed by atoms with Crippen LogP contribution in [-0.4, -0.2) is 36.3 Å². The van der Waals surface area contributed by atoms with Gasteiger partial charge in [0, 0.05) is 17.0 Å². The topological polar surface area (TPSA) is 118 Å². The molecule has 0 atom stereocenters. The van der Waals surface area contributed by atoms with Gasteiger partial charge in [-0.2, -0.15) is 5.26 Å². The number of oxime groups is 1. The van der Waals surface area contributed by atoms with E-state index in [0.717, 1.165) is 41.9 Å². The summed E-state index contributed by atoms with van der Waals surface area (Å²) in [6.07, 6.45) is 4.16. The minimum absolute atomic E-state index is 0.0443. The number of nitriles is 1. The lowest BCUT2D eigenvalue weighted by Crippen LogP contribution is -2.18. The van der Waals surface area contributed by atoms with Crippen LogP contribution in [0, 0.1) is 18.3 Å². The van der Waals surface area contributed by atoms with Gasteiger partial charge in [-0.25, -0.2) is 4.68 Å². The maximum Gasteiger partial charge on any atom is 0.323 e. The molecule has 25 heavy (non-hydrogen) atoms. The first-order valence-corrected chi connectivity index (χ1v) is 7.94. The van der Waals surface area contributed by atoms with Crippen LogP contribution in [0.25, 0.3) is 0 Å². The lowest BCUT2D eigenvalue weighted by Gasteiger charge is -2.16. The van der Waals surface area contributed by atoms with E-state index in [9.17, 15) is 4.79 Å². The summed E-state index contributed by atoms with van der Waals surface area (Å²) in [6, 6.07) is 3.95. The van der Waals surface area contributed by atoms with Crippen molar-refractivity contribution < 1.29 is 14.7 Å². The zero-order valence-electron chi connectivity index (χ0n) is 13.8. The van der Waals surface area contributed by atoms with Gasteiger partial charge in [0.05, 0.1) is 18.0 Å².